The van der Waals surface area contributed by atoms with Crippen LogP contribution in [0.2, 0.25) is 0 Å². The van der Waals surface area contributed by atoms with Crippen LogP contribution in [0.1, 0.15) is 13.8 Å². The molecule has 0 saturated carbocycles. The SMILES string of the molecule is CC(C)CNC(=O)CSc1nc2ccccc2c(=O)n1-c1ccccc1F. The van der Waals surface area contributed by atoms with Gasteiger partial charge in [0.25, 0.3) is 5.56 Å². The summed E-state index contributed by atoms with van der Waals surface area (Å²) in [4.78, 5) is 29.6. The molecule has 140 valence electrons. The van der Waals surface area contributed by atoms with E-state index < -0.39 is 5.82 Å². The van der Waals surface area contributed by atoms with E-state index in [0.29, 0.717) is 23.4 Å². The standard InChI is InChI=1S/C20H20FN3O2S/c1-13(2)11-22-18(25)12-27-20-23-16-9-5-3-7-14(16)19(26)24(20)17-10-6-4-8-15(17)21/h3-10,13H,11-12H2,1-2H3,(H,22,25). The van der Waals surface area contributed by atoms with Crippen molar-refractivity contribution in [2.45, 2.75) is 19.0 Å². The molecule has 0 radical (unpaired) electrons. The van der Waals surface area contributed by atoms with Crippen LogP contribution in [0.3, 0.4) is 0 Å². The highest BCUT2D eigenvalue weighted by molar-refractivity contribution is 7.99. The van der Waals surface area contributed by atoms with Crippen LogP contribution in [-0.2, 0) is 4.79 Å². The van der Waals surface area contributed by atoms with Crippen molar-refractivity contribution in [2.75, 3.05) is 12.3 Å². The predicted molar refractivity (Wildman–Crippen MR) is 106 cm³/mol. The Morgan fingerprint density at radius 1 is 1.19 bits per heavy atom. The molecule has 3 aromatic rings. The molecule has 0 saturated heterocycles. The van der Waals surface area contributed by atoms with E-state index in [1.807, 2.05) is 13.8 Å². The zero-order chi connectivity index (χ0) is 19.4. The molecule has 1 heterocycles. The van der Waals surface area contributed by atoms with Crippen LogP contribution in [0, 0.1) is 11.7 Å². The highest BCUT2D eigenvalue weighted by atomic mass is 32.2. The zero-order valence-corrected chi connectivity index (χ0v) is 15.9. The Hall–Kier alpha value is -2.67. The average molecular weight is 385 g/mol. The van der Waals surface area contributed by atoms with E-state index in [9.17, 15) is 14.0 Å². The molecule has 7 heteroatoms. The first-order valence-corrected chi connectivity index (χ1v) is 9.62. The van der Waals surface area contributed by atoms with Gasteiger partial charge in [-0.3, -0.25) is 14.2 Å². The Morgan fingerprint density at radius 3 is 2.63 bits per heavy atom. The number of hydrogen-bond donors (Lipinski definition) is 1. The maximum atomic E-state index is 14.4. The van der Waals surface area contributed by atoms with Crippen LogP contribution in [0.4, 0.5) is 4.39 Å². The minimum atomic E-state index is -0.525. The van der Waals surface area contributed by atoms with E-state index in [2.05, 4.69) is 10.3 Å². The number of aromatic nitrogens is 2. The van der Waals surface area contributed by atoms with Gasteiger partial charge < -0.3 is 5.32 Å². The largest absolute Gasteiger partial charge is 0.355 e. The lowest BCUT2D eigenvalue weighted by Crippen LogP contribution is -2.29. The van der Waals surface area contributed by atoms with E-state index in [4.69, 9.17) is 0 Å². The molecule has 0 aliphatic rings. The summed E-state index contributed by atoms with van der Waals surface area (Å²) in [5.41, 5.74) is 0.266. The molecule has 0 spiro atoms. The molecule has 27 heavy (non-hydrogen) atoms. The molecule has 0 aliphatic heterocycles. The molecule has 0 fully saturated rings. The second kappa shape index (κ2) is 8.35. The molecule has 0 unspecified atom stereocenters. The normalized spacial score (nSPS) is 11.1. The smallest absolute Gasteiger partial charge is 0.266 e. The number of thioether (sulfide) groups is 1. The zero-order valence-electron chi connectivity index (χ0n) is 15.1. The van der Waals surface area contributed by atoms with Crippen molar-refractivity contribution in [2.24, 2.45) is 5.92 Å². The highest BCUT2D eigenvalue weighted by Gasteiger charge is 2.16. The fourth-order valence-electron chi connectivity index (χ4n) is 2.55. The van der Waals surface area contributed by atoms with Crippen molar-refractivity contribution in [3.8, 4) is 5.69 Å². The number of nitrogens with one attached hydrogen (secondary N) is 1. The van der Waals surface area contributed by atoms with Gasteiger partial charge in [-0.2, -0.15) is 0 Å². The Bertz CT molecular complexity index is 1030. The second-order valence-electron chi connectivity index (χ2n) is 6.49. The van der Waals surface area contributed by atoms with Crippen LogP contribution in [0.5, 0.6) is 0 Å². The summed E-state index contributed by atoms with van der Waals surface area (Å²) in [6.07, 6.45) is 0. The van der Waals surface area contributed by atoms with Crippen molar-refractivity contribution < 1.29 is 9.18 Å². The quantitative estimate of drug-likeness (QED) is 0.522. The summed E-state index contributed by atoms with van der Waals surface area (Å²) in [5, 5.41) is 3.50. The Kier molecular flexibility index (Phi) is 5.91. The van der Waals surface area contributed by atoms with Crippen molar-refractivity contribution in [3.05, 3.63) is 64.7 Å². The highest BCUT2D eigenvalue weighted by Crippen LogP contribution is 2.22. The average Bonchev–Trinajstić information content (AvgIpc) is 2.66. The summed E-state index contributed by atoms with van der Waals surface area (Å²) in [6, 6.07) is 12.9. The number of rotatable bonds is 6. The van der Waals surface area contributed by atoms with Crippen molar-refractivity contribution in [1.82, 2.24) is 14.9 Å². The first-order valence-electron chi connectivity index (χ1n) is 8.63. The monoisotopic (exact) mass is 385 g/mol. The van der Waals surface area contributed by atoms with E-state index in [1.54, 1.807) is 36.4 Å². The maximum absolute atomic E-state index is 14.4. The van der Waals surface area contributed by atoms with Gasteiger partial charge in [0.05, 0.1) is 22.3 Å². The molecule has 3 rings (SSSR count). The maximum Gasteiger partial charge on any atom is 0.266 e. The number of nitrogens with zero attached hydrogens (tertiary/aromatic N) is 2. The third-order valence-corrected chi connectivity index (χ3v) is 4.82. The van der Waals surface area contributed by atoms with Gasteiger partial charge in [-0.15, -0.1) is 0 Å². The molecule has 2 aromatic carbocycles. The van der Waals surface area contributed by atoms with Crippen LogP contribution < -0.4 is 10.9 Å². The summed E-state index contributed by atoms with van der Waals surface area (Å²) < 4.78 is 15.6. The molecule has 1 N–H and O–H groups in total. The Morgan fingerprint density at radius 2 is 1.89 bits per heavy atom. The number of amides is 1. The van der Waals surface area contributed by atoms with Crippen molar-refractivity contribution in [3.63, 3.8) is 0 Å². The van der Waals surface area contributed by atoms with Gasteiger partial charge in [0.15, 0.2) is 5.16 Å². The van der Waals surface area contributed by atoms with E-state index in [1.165, 1.54) is 16.7 Å². The lowest BCUT2D eigenvalue weighted by atomic mass is 10.2. The second-order valence-corrected chi connectivity index (χ2v) is 7.43. The minimum Gasteiger partial charge on any atom is -0.355 e. The Balaban J connectivity index is 2.03. The van der Waals surface area contributed by atoms with E-state index in [-0.39, 0.29) is 28.1 Å². The lowest BCUT2D eigenvalue weighted by molar-refractivity contribution is -0.118. The number of para-hydroxylation sites is 2. The molecule has 1 amide bonds. The summed E-state index contributed by atoms with van der Waals surface area (Å²) >= 11 is 1.11. The van der Waals surface area contributed by atoms with Crippen LogP contribution >= 0.6 is 11.8 Å². The van der Waals surface area contributed by atoms with Crippen LogP contribution in [0.15, 0.2) is 58.5 Å². The number of benzene rings is 2. The lowest BCUT2D eigenvalue weighted by Gasteiger charge is -2.14. The van der Waals surface area contributed by atoms with Crippen molar-refractivity contribution in [1.29, 1.82) is 0 Å². The molecule has 0 bridgehead atoms. The third kappa shape index (κ3) is 4.36. The molecule has 5 nitrogen and oxygen atoms in total. The van der Waals surface area contributed by atoms with Crippen LogP contribution in [-0.4, -0.2) is 27.8 Å². The molecule has 0 atom stereocenters. The molecule has 0 aliphatic carbocycles. The van der Waals surface area contributed by atoms with E-state index >= 15 is 0 Å². The predicted octanol–water partition coefficient (Wildman–Crippen LogP) is 3.39. The van der Waals surface area contributed by atoms with E-state index in [0.717, 1.165) is 11.8 Å². The fraction of sp³-hybridized carbons (Fsp3) is 0.250. The fourth-order valence-corrected chi connectivity index (χ4v) is 3.39. The van der Waals surface area contributed by atoms with Gasteiger partial charge >= 0.3 is 0 Å². The Labute approximate surface area is 160 Å². The summed E-state index contributed by atoms with van der Waals surface area (Å²) in [5.74, 6) is -0.250. The molecular weight excluding hydrogens is 365 g/mol. The molecule has 1 aromatic heterocycles. The topological polar surface area (TPSA) is 64.0 Å². The third-order valence-electron chi connectivity index (χ3n) is 3.88. The van der Waals surface area contributed by atoms with Gasteiger partial charge in [0.2, 0.25) is 5.91 Å². The first kappa shape index (κ1) is 19.1. The van der Waals surface area contributed by atoms with Gasteiger partial charge in [-0.1, -0.05) is 49.9 Å². The number of carbonyl (C=O) groups is 1. The summed E-state index contributed by atoms with van der Waals surface area (Å²) in [7, 11) is 0. The first-order chi connectivity index (χ1) is 13.0. The van der Waals surface area contributed by atoms with Gasteiger partial charge in [-0.05, 0) is 30.2 Å². The van der Waals surface area contributed by atoms with Crippen molar-refractivity contribution >= 4 is 28.6 Å². The minimum absolute atomic E-state index is 0.0892. The summed E-state index contributed by atoms with van der Waals surface area (Å²) in [6.45, 7) is 4.59. The van der Waals surface area contributed by atoms with Gasteiger partial charge in [-0.25, -0.2) is 9.37 Å². The van der Waals surface area contributed by atoms with Gasteiger partial charge in [0.1, 0.15) is 5.82 Å². The number of carbonyl (C=O) groups excluding carboxylic acids is 1. The molecular formula is C20H20FN3O2S. The van der Waals surface area contributed by atoms with Crippen LogP contribution in [0.25, 0.3) is 16.6 Å². The number of hydrogen-bond acceptors (Lipinski definition) is 4. The number of halogens is 1. The van der Waals surface area contributed by atoms with Gasteiger partial charge in [0, 0.05) is 6.54 Å². The number of fused-ring (bicyclic) bond motifs is 1.